The quantitative estimate of drug-likeness (QED) is 0.719. The molecule has 4 rings (SSSR count). The van der Waals surface area contributed by atoms with Gasteiger partial charge in [0.1, 0.15) is 12.6 Å². The van der Waals surface area contributed by atoms with Crippen LogP contribution in [0.2, 0.25) is 0 Å². The first-order chi connectivity index (χ1) is 14.5. The molecule has 1 aromatic carbocycles. The van der Waals surface area contributed by atoms with Crippen molar-refractivity contribution in [2.75, 3.05) is 44.7 Å². The third kappa shape index (κ3) is 4.29. The molecule has 2 aliphatic heterocycles. The number of aryl methyl sites for hydroxylation is 1. The topological polar surface area (TPSA) is 88.1 Å². The van der Waals surface area contributed by atoms with Crippen molar-refractivity contribution in [2.24, 2.45) is 0 Å². The van der Waals surface area contributed by atoms with Crippen molar-refractivity contribution in [3.63, 3.8) is 0 Å². The minimum atomic E-state index is -0.144. The number of likely N-dealkylation sites (tertiary alicyclic amines) is 1. The highest BCUT2D eigenvalue weighted by atomic mass is 16.5. The Balaban J connectivity index is 1.29. The molecule has 2 saturated heterocycles. The number of ether oxygens (including phenoxy) is 2. The van der Waals surface area contributed by atoms with Gasteiger partial charge in [0.05, 0.1) is 13.7 Å². The van der Waals surface area contributed by atoms with E-state index in [4.69, 9.17) is 9.47 Å². The lowest BCUT2D eigenvalue weighted by atomic mass is 10.2. The van der Waals surface area contributed by atoms with E-state index in [0.717, 1.165) is 11.3 Å². The number of amides is 3. The Labute approximate surface area is 175 Å². The summed E-state index contributed by atoms with van der Waals surface area (Å²) >= 11 is 0. The molecule has 2 fully saturated rings. The van der Waals surface area contributed by atoms with Gasteiger partial charge in [-0.15, -0.1) is 10.2 Å². The van der Waals surface area contributed by atoms with Gasteiger partial charge < -0.3 is 19.3 Å². The second kappa shape index (κ2) is 8.56. The van der Waals surface area contributed by atoms with Crippen molar-refractivity contribution in [3.05, 3.63) is 42.0 Å². The van der Waals surface area contributed by atoms with Crippen LogP contribution in [0.25, 0.3) is 0 Å². The van der Waals surface area contributed by atoms with Gasteiger partial charge in [0.25, 0.3) is 0 Å². The lowest BCUT2D eigenvalue weighted by Crippen LogP contribution is -2.42. The molecule has 2 aromatic rings. The maximum atomic E-state index is 12.7. The van der Waals surface area contributed by atoms with Crippen LogP contribution in [0.3, 0.4) is 0 Å². The number of methoxy groups -OCH3 is 1. The fourth-order valence-corrected chi connectivity index (χ4v) is 3.66. The Morgan fingerprint density at radius 1 is 1.07 bits per heavy atom. The number of urea groups is 1. The van der Waals surface area contributed by atoms with Crippen LogP contribution in [0.4, 0.5) is 10.5 Å². The first kappa shape index (κ1) is 19.9. The number of benzene rings is 1. The number of rotatable bonds is 6. The van der Waals surface area contributed by atoms with E-state index in [2.05, 4.69) is 10.2 Å². The maximum absolute atomic E-state index is 12.7. The summed E-state index contributed by atoms with van der Waals surface area (Å²) in [6, 6.07) is 11.1. The average molecular weight is 411 g/mol. The summed E-state index contributed by atoms with van der Waals surface area (Å²) in [5.74, 6) is 0.750. The normalized spacial score (nSPS) is 18.8. The van der Waals surface area contributed by atoms with Gasteiger partial charge in [-0.25, -0.2) is 4.79 Å². The Morgan fingerprint density at radius 2 is 1.80 bits per heavy atom. The molecular weight excluding hydrogens is 386 g/mol. The first-order valence-electron chi connectivity index (χ1n) is 9.99. The Morgan fingerprint density at radius 3 is 2.50 bits per heavy atom. The fraction of sp³-hybridized carbons (Fsp3) is 0.429. The van der Waals surface area contributed by atoms with Gasteiger partial charge in [0.15, 0.2) is 0 Å². The van der Waals surface area contributed by atoms with E-state index in [9.17, 15) is 9.59 Å². The molecule has 1 atom stereocenters. The Hall–Kier alpha value is -3.36. The largest absolute Gasteiger partial charge is 0.480 e. The summed E-state index contributed by atoms with van der Waals surface area (Å²) in [7, 11) is 1.52. The molecule has 3 amide bonds. The molecule has 0 bridgehead atoms. The Kier molecular flexibility index (Phi) is 5.69. The minimum absolute atomic E-state index is 0.0685. The zero-order chi connectivity index (χ0) is 21.1. The highest BCUT2D eigenvalue weighted by Gasteiger charge is 2.34. The molecule has 158 valence electrons. The van der Waals surface area contributed by atoms with E-state index in [1.807, 2.05) is 31.2 Å². The van der Waals surface area contributed by atoms with E-state index in [1.165, 1.54) is 7.11 Å². The van der Waals surface area contributed by atoms with Gasteiger partial charge in [-0.05, 0) is 19.1 Å². The number of hydrogen-bond donors (Lipinski definition) is 0. The highest BCUT2D eigenvalue weighted by Crippen LogP contribution is 2.22. The number of nitrogens with zero attached hydrogens (tertiary/aromatic N) is 5. The van der Waals surface area contributed by atoms with Gasteiger partial charge in [-0.2, -0.15) is 0 Å². The van der Waals surface area contributed by atoms with Crippen LogP contribution in [-0.4, -0.2) is 77.9 Å². The minimum Gasteiger partial charge on any atom is -0.480 e. The number of carbonyl (C=O) groups excluding carboxylic acids is 2. The molecule has 0 spiro atoms. The molecule has 1 unspecified atom stereocenters. The molecule has 9 nitrogen and oxygen atoms in total. The number of aromatic nitrogens is 2. The fourth-order valence-electron chi connectivity index (χ4n) is 3.66. The van der Waals surface area contributed by atoms with Crippen LogP contribution in [0, 0.1) is 6.92 Å². The second-order valence-electron chi connectivity index (χ2n) is 7.47. The monoisotopic (exact) mass is 411 g/mol. The standard InChI is InChI=1S/C21H25N5O4/c1-15-3-5-16(6-4-15)26-12-11-25(21(26)28)14-20(27)24-10-9-17(13-24)30-19-8-7-18(29-2)22-23-19/h3-8,17H,9-14H2,1-2H3. The van der Waals surface area contributed by atoms with Gasteiger partial charge in [-0.1, -0.05) is 17.7 Å². The molecule has 0 radical (unpaired) electrons. The van der Waals surface area contributed by atoms with E-state index >= 15 is 0 Å². The molecule has 0 N–H and O–H groups in total. The zero-order valence-electron chi connectivity index (χ0n) is 17.2. The maximum Gasteiger partial charge on any atom is 0.325 e. The van der Waals surface area contributed by atoms with E-state index in [-0.39, 0.29) is 24.6 Å². The summed E-state index contributed by atoms with van der Waals surface area (Å²) in [6.45, 7) is 4.27. The van der Waals surface area contributed by atoms with Crippen molar-refractivity contribution in [1.29, 1.82) is 0 Å². The van der Waals surface area contributed by atoms with E-state index in [1.54, 1.807) is 26.8 Å². The van der Waals surface area contributed by atoms with Crippen LogP contribution in [0.5, 0.6) is 11.8 Å². The summed E-state index contributed by atoms with van der Waals surface area (Å²) < 4.78 is 10.8. The van der Waals surface area contributed by atoms with Crippen molar-refractivity contribution < 1.29 is 19.1 Å². The average Bonchev–Trinajstić information content (AvgIpc) is 3.37. The van der Waals surface area contributed by atoms with Crippen molar-refractivity contribution in [1.82, 2.24) is 20.0 Å². The van der Waals surface area contributed by atoms with E-state index < -0.39 is 0 Å². The predicted molar refractivity (Wildman–Crippen MR) is 110 cm³/mol. The molecule has 2 aliphatic rings. The summed E-state index contributed by atoms with van der Waals surface area (Å²) in [5.41, 5.74) is 2.00. The summed E-state index contributed by atoms with van der Waals surface area (Å²) in [6.07, 6.45) is 0.568. The second-order valence-corrected chi connectivity index (χ2v) is 7.47. The third-order valence-electron chi connectivity index (χ3n) is 5.38. The lowest BCUT2D eigenvalue weighted by molar-refractivity contribution is -0.130. The smallest absolute Gasteiger partial charge is 0.325 e. The third-order valence-corrected chi connectivity index (χ3v) is 5.38. The van der Waals surface area contributed by atoms with Crippen molar-refractivity contribution >= 4 is 17.6 Å². The highest BCUT2D eigenvalue weighted by molar-refractivity contribution is 5.96. The van der Waals surface area contributed by atoms with Crippen LogP contribution >= 0.6 is 0 Å². The van der Waals surface area contributed by atoms with Gasteiger partial charge in [-0.3, -0.25) is 9.69 Å². The molecular formula is C21H25N5O4. The predicted octanol–water partition coefficient (Wildman–Crippen LogP) is 1.72. The number of carbonyl (C=O) groups is 2. The van der Waals surface area contributed by atoms with Gasteiger partial charge >= 0.3 is 6.03 Å². The zero-order valence-corrected chi connectivity index (χ0v) is 17.2. The van der Waals surface area contributed by atoms with Gasteiger partial charge in [0.2, 0.25) is 17.7 Å². The molecule has 30 heavy (non-hydrogen) atoms. The molecule has 3 heterocycles. The number of anilines is 1. The van der Waals surface area contributed by atoms with Crippen molar-refractivity contribution in [3.8, 4) is 11.8 Å². The van der Waals surface area contributed by atoms with Crippen LogP contribution in [0.15, 0.2) is 36.4 Å². The Bertz CT molecular complexity index is 903. The van der Waals surface area contributed by atoms with Crippen LogP contribution < -0.4 is 14.4 Å². The molecule has 9 heteroatoms. The van der Waals surface area contributed by atoms with Crippen LogP contribution in [0.1, 0.15) is 12.0 Å². The molecule has 1 aromatic heterocycles. The summed E-state index contributed by atoms with van der Waals surface area (Å²) in [4.78, 5) is 30.5. The van der Waals surface area contributed by atoms with Crippen LogP contribution in [-0.2, 0) is 4.79 Å². The SMILES string of the molecule is COc1ccc(OC2CCN(C(=O)CN3CCN(c4ccc(C)cc4)C3=O)C2)nn1. The van der Waals surface area contributed by atoms with E-state index in [0.29, 0.717) is 44.4 Å². The number of hydrogen-bond acceptors (Lipinski definition) is 6. The summed E-state index contributed by atoms with van der Waals surface area (Å²) in [5, 5.41) is 7.84. The molecule has 0 aliphatic carbocycles. The first-order valence-corrected chi connectivity index (χ1v) is 9.99. The van der Waals surface area contributed by atoms with Crippen molar-refractivity contribution in [2.45, 2.75) is 19.4 Å². The molecule has 0 saturated carbocycles. The lowest BCUT2D eigenvalue weighted by Gasteiger charge is -2.22. The van der Waals surface area contributed by atoms with Gasteiger partial charge in [0, 0.05) is 43.9 Å².